The number of hydrogen-bond acceptors (Lipinski definition) is 5. The first-order valence-corrected chi connectivity index (χ1v) is 8.37. The zero-order chi connectivity index (χ0) is 14.4. The van der Waals surface area contributed by atoms with Crippen LogP contribution in [0.25, 0.3) is 0 Å². The van der Waals surface area contributed by atoms with Gasteiger partial charge in [-0.15, -0.1) is 0 Å². The molecule has 0 bridgehead atoms. The van der Waals surface area contributed by atoms with E-state index in [0.29, 0.717) is 31.5 Å². The molecular formula is C13H21N3O3S. The van der Waals surface area contributed by atoms with Crippen LogP contribution in [0.5, 0.6) is 0 Å². The Bertz CT molecular complexity index is 510. The number of ether oxygens (including phenoxy) is 1. The van der Waals surface area contributed by atoms with Crippen LogP contribution in [0.4, 0.5) is 5.82 Å². The lowest BCUT2D eigenvalue weighted by atomic mass is 10.0. The minimum atomic E-state index is -3.47. The molecule has 1 aliphatic heterocycles. The number of sulfonamides is 1. The maximum Gasteiger partial charge on any atom is 0.242 e. The molecule has 0 saturated carbocycles. The van der Waals surface area contributed by atoms with Crippen LogP contribution in [-0.2, 0) is 14.8 Å². The van der Waals surface area contributed by atoms with Crippen molar-refractivity contribution in [3.8, 4) is 0 Å². The Kier molecular flexibility index (Phi) is 5.33. The Morgan fingerprint density at radius 1 is 1.35 bits per heavy atom. The summed E-state index contributed by atoms with van der Waals surface area (Å²) in [5.41, 5.74) is 0. The molecule has 7 heteroatoms. The third-order valence-corrected chi connectivity index (χ3v) is 4.72. The second-order valence-electron chi connectivity index (χ2n) is 4.82. The van der Waals surface area contributed by atoms with Crippen LogP contribution in [0.15, 0.2) is 23.2 Å². The summed E-state index contributed by atoms with van der Waals surface area (Å²) in [7, 11) is -3.47. The molecule has 1 aromatic heterocycles. The fourth-order valence-electron chi connectivity index (χ4n) is 2.09. The predicted molar refractivity (Wildman–Crippen MR) is 77.1 cm³/mol. The van der Waals surface area contributed by atoms with E-state index in [-0.39, 0.29) is 4.90 Å². The first kappa shape index (κ1) is 15.2. The van der Waals surface area contributed by atoms with E-state index in [2.05, 4.69) is 15.0 Å². The van der Waals surface area contributed by atoms with Gasteiger partial charge in [-0.05, 0) is 37.8 Å². The van der Waals surface area contributed by atoms with Gasteiger partial charge in [0.25, 0.3) is 0 Å². The highest BCUT2D eigenvalue weighted by molar-refractivity contribution is 7.89. The van der Waals surface area contributed by atoms with Crippen LogP contribution >= 0.6 is 0 Å². The number of nitrogens with one attached hydrogen (secondary N) is 2. The molecule has 6 nitrogen and oxygen atoms in total. The predicted octanol–water partition coefficient (Wildman–Crippen LogP) is 1.22. The molecule has 0 radical (unpaired) electrons. The molecule has 1 aromatic rings. The smallest absolute Gasteiger partial charge is 0.242 e. The van der Waals surface area contributed by atoms with E-state index >= 15 is 0 Å². The summed E-state index contributed by atoms with van der Waals surface area (Å²) in [5, 5.41) is 3.03. The van der Waals surface area contributed by atoms with Crippen LogP contribution in [0, 0.1) is 5.92 Å². The van der Waals surface area contributed by atoms with Gasteiger partial charge in [0.1, 0.15) is 10.7 Å². The average molecular weight is 299 g/mol. The third-order valence-electron chi connectivity index (χ3n) is 3.31. The van der Waals surface area contributed by atoms with Crippen LogP contribution in [0.1, 0.15) is 19.8 Å². The lowest BCUT2D eigenvalue weighted by Crippen LogP contribution is -2.32. The zero-order valence-corrected chi connectivity index (χ0v) is 12.4. The molecule has 1 fully saturated rings. The van der Waals surface area contributed by atoms with E-state index < -0.39 is 10.0 Å². The van der Waals surface area contributed by atoms with Crippen molar-refractivity contribution in [3.63, 3.8) is 0 Å². The SMILES string of the molecule is CCNc1ccc(S(=O)(=O)NCC2CCOCC2)cn1. The molecule has 2 heterocycles. The summed E-state index contributed by atoms with van der Waals surface area (Å²) < 4.78 is 32.2. The van der Waals surface area contributed by atoms with Gasteiger partial charge >= 0.3 is 0 Å². The van der Waals surface area contributed by atoms with Crippen molar-refractivity contribution in [1.29, 1.82) is 0 Å². The fourth-order valence-corrected chi connectivity index (χ4v) is 3.15. The monoisotopic (exact) mass is 299 g/mol. The molecule has 0 amide bonds. The van der Waals surface area contributed by atoms with Crippen molar-refractivity contribution in [2.75, 3.05) is 31.6 Å². The molecule has 0 atom stereocenters. The van der Waals surface area contributed by atoms with Crippen molar-refractivity contribution in [2.45, 2.75) is 24.7 Å². The molecule has 0 unspecified atom stereocenters. The molecule has 0 aliphatic carbocycles. The van der Waals surface area contributed by atoms with E-state index in [0.717, 1.165) is 19.4 Å². The van der Waals surface area contributed by atoms with Gasteiger partial charge in [0.15, 0.2) is 0 Å². The van der Waals surface area contributed by atoms with Gasteiger partial charge in [-0.3, -0.25) is 0 Å². The molecule has 0 aromatic carbocycles. The molecule has 0 spiro atoms. The number of rotatable bonds is 6. The number of aromatic nitrogens is 1. The first-order valence-electron chi connectivity index (χ1n) is 6.89. The highest BCUT2D eigenvalue weighted by Gasteiger charge is 2.19. The molecule has 1 aliphatic rings. The Balaban J connectivity index is 1.94. The van der Waals surface area contributed by atoms with Crippen molar-refractivity contribution in [1.82, 2.24) is 9.71 Å². The Morgan fingerprint density at radius 3 is 2.70 bits per heavy atom. The molecular weight excluding hydrogens is 278 g/mol. The normalized spacial score (nSPS) is 17.1. The summed E-state index contributed by atoms with van der Waals surface area (Å²) in [6, 6.07) is 3.24. The minimum absolute atomic E-state index is 0.200. The Labute approximate surface area is 120 Å². The number of anilines is 1. The van der Waals surface area contributed by atoms with Crippen LogP contribution < -0.4 is 10.0 Å². The number of nitrogens with zero attached hydrogens (tertiary/aromatic N) is 1. The van der Waals surface area contributed by atoms with Gasteiger partial charge in [-0.1, -0.05) is 0 Å². The van der Waals surface area contributed by atoms with Crippen molar-refractivity contribution in [3.05, 3.63) is 18.3 Å². The number of hydrogen-bond donors (Lipinski definition) is 2. The standard InChI is InChI=1S/C13H21N3O3S/c1-2-14-13-4-3-12(10-15-13)20(17,18)16-9-11-5-7-19-8-6-11/h3-4,10-11,16H,2,5-9H2,1H3,(H,14,15). The zero-order valence-electron chi connectivity index (χ0n) is 11.6. The lowest BCUT2D eigenvalue weighted by Gasteiger charge is -2.22. The van der Waals surface area contributed by atoms with Gasteiger partial charge in [0, 0.05) is 32.5 Å². The maximum atomic E-state index is 12.1. The molecule has 2 rings (SSSR count). The van der Waals surface area contributed by atoms with Crippen molar-refractivity contribution < 1.29 is 13.2 Å². The van der Waals surface area contributed by atoms with E-state index in [4.69, 9.17) is 4.74 Å². The molecule has 2 N–H and O–H groups in total. The van der Waals surface area contributed by atoms with Gasteiger partial charge in [-0.2, -0.15) is 0 Å². The molecule has 112 valence electrons. The summed E-state index contributed by atoms with van der Waals surface area (Å²) in [5.74, 6) is 1.03. The number of pyridine rings is 1. The maximum absolute atomic E-state index is 12.1. The largest absolute Gasteiger partial charge is 0.381 e. The second-order valence-corrected chi connectivity index (χ2v) is 6.58. The Morgan fingerprint density at radius 2 is 2.10 bits per heavy atom. The van der Waals surface area contributed by atoms with E-state index in [1.54, 1.807) is 12.1 Å². The highest BCUT2D eigenvalue weighted by atomic mass is 32.2. The first-order chi connectivity index (χ1) is 9.62. The summed E-state index contributed by atoms with van der Waals surface area (Å²) in [4.78, 5) is 4.28. The van der Waals surface area contributed by atoms with Crippen molar-refractivity contribution in [2.24, 2.45) is 5.92 Å². The van der Waals surface area contributed by atoms with Gasteiger partial charge < -0.3 is 10.1 Å². The quantitative estimate of drug-likeness (QED) is 0.825. The Hall–Kier alpha value is -1.18. The van der Waals surface area contributed by atoms with Gasteiger partial charge in [-0.25, -0.2) is 18.1 Å². The third kappa shape index (κ3) is 4.16. The van der Waals surface area contributed by atoms with E-state index in [9.17, 15) is 8.42 Å². The van der Waals surface area contributed by atoms with Crippen LogP contribution in [0.3, 0.4) is 0 Å². The van der Waals surface area contributed by atoms with Gasteiger partial charge in [0.2, 0.25) is 10.0 Å². The molecule has 1 saturated heterocycles. The van der Waals surface area contributed by atoms with E-state index in [1.165, 1.54) is 6.20 Å². The fraction of sp³-hybridized carbons (Fsp3) is 0.615. The van der Waals surface area contributed by atoms with Crippen LogP contribution in [-0.4, -0.2) is 39.7 Å². The summed E-state index contributed by atoms with van der Waals surface area (Å²) in [6.45, 7) is 4.60. The lowest BCUT2D eigenvalue weighted by molar-refractivity contribution is 0.0678. The van der Waals surface area contributed by atoms with Gasteiger partial charge in [0.05, 0.1) is 0 Å². The van der Waals surface area contributed by atoms with Crippen LogP contribution in [0.2, 0.25) is 0 Å². The minimum Gasteiger partial charge on any atom is -0.381 e. The second kappa shape index (κ2) is 7.01. The summed E-state index contributed by atoms with van der Waals surface area (Å²) >= 11 is 0. The van der Waals surface area contributed by atoms with E-state index in [1.807, 2.05) is 6.92 Å². The average Bonchev–Trinajstić information content (AvgIpc) is 2.47. The molecule has 20 heavy (non-hydrogen) atoms. The van der Waals surface area contributed by atoms with Crippen molar-refractivity contribution >= 4 is 15.8 Å². The summed E-state index contributed by atoms with van der Waals surface area (Å²) in [6.07, 6.45) is 3.19. The highest BCUT2D eigenvalue weighted by Crippen LogP contribution is 2.15. The topological polar surface area (TPSA) is 80.3 Å².